The van der Waals surface area contributed by atoms with Gasteiger partial charge in [-0.15, -0.1) is 0 Å². The number of halogens is 3. The van der Waals surface area contributed by atoms with Gasteiger partial charge in [-0.25, -0.2) is 0 Å². The third kappa shape index (κ3) is 6.53. The molecule has 6 heteroatoms. The summed E-state index contributed by atoms with van der Waals surface area (Å²) in [5, 5.41) is 0. The zero-order valence-corrected chi connectivity index (χ0v) is 10.2. The fourth-order valence-corrected chi connectivity index (χ4v) is 1.09. The maximum atomic E-state index is 12.3. The Balaban J connectivity index is 4.59. The molecule has 0 aliphatic heterocycles. The molecule has 0 aromatic carbocycles. The molecule has 0 bridgehead atoms. The molecule has 0 aliphatic rings. The number of alkyl halides is 3. The fourth-order valence-electron chi connectivity index (χ4n) is 1.09. The Hall–Kier alpha value is -0.940. The lowest BCUT2D eigenvalue weighted by molar-refractivity contribution is -0.140. The molecular formula is C10H20F3N3. The number of hydrogen-bond acceptors (Lipinski definition) is 1. The van der Waals surface area contributed by atoms with E-state index in [-0.39, 0.29) is 17.9 Å². The molecular weight excluding hydrogens is 219 g/mol. The van der Waals surface area contributed by atoms with Gasteiger partial charge in [-0.2, -0.15) is 13.2 Å². The van der Waals surface area contributed by atoms with Crippen molar-refractivity contribution in [3.05, 3.63) is 0 Å². The molecule has 2 N–H and O–H groups in total. The molecule has 0 aromatic rings. The van der Waals surface area contributed by atoms with Gasteiger partial charge in [0.1, 0.15) is 6.54 Å². The maximum Gasteiger partial charge on any atom is 0.406 e. The second-order valence-electron chi connectivity index (χ2n) is 4.43. The highest BCUT2D eigenvalue weighted by atomic mass is 19.4. The van der Waals surface area contributed by atoms with Gasteiger partial charge in [0.05, 0.1) is 0 Å². The van der Waals surface area contributed by atoms with Crippen LogP contribution in [0.25, 0.3) is 0 Å². The number of aliphatic imine (C=N–C) groups is 1. The van der Waals surface area contributed by atoms with Crippen molar-refractivity contribution in [3.63, 3.8) is 0 Å². The number of nitrogens with two attached hydrogens (primary N) is 1. The number of nitrogens with zero attached hydrogens (tertiary/aromatic N) is 2. The Kier molecular flexibility index (Phi) is 5.61. The van der Waals surface area contributed by atoms with Crippen LogP contribution in [0.2, 0.25) is 0 Å². The predicted molar refractivity (Wildman–Crippen MR) is 59.2 cm³/mol. The summed E-state index contributed by atoms with van der Waals surface area (Å²) in [6, 6.07) is -0.322. The van der Waals surface area contributed by atoms with E-state index in [0.717, 1.165) is 4.90 Å². The van der Waals surface area contributed by atoms with E-state index < -0.39 is 12.7 Å². The molecule has 0 atom stereocenters. The van der Waals surface area contributed by atoms with Crippen molar-refractivity contribution in [2.75, 3.05) is 13.1 Å². The fraction of sp³-hybridized carbons (Fsp3) is 0.900. The van der Waals surface area contributed by atoms with Crippen molar-refractivity contribution in [3.8, 4) is 0 Å². The first kappa shape index (κ1) is 15.1. The summed E-state index contributed by atoms with van der Waals surface area (Å²) in [7, 11) is 0. The van der Waals surface area contributed by atoms with E-state index in [2.05, 4.69) is 4.99 Å². The monoisotopic (exact) mass is 239 g/mol. The number of guanidine groups is 1. The van der Waals surface area contributed by atoms with Gasteiger partial charge in [-0.1, -0.05) is 13.8 Å². The third-order valence-electron chi connectivity index (χ3n) is 1.89. The summed E-state index contributed by atoms with van der Waals surface area (Å²) in [6.45, 7) is 6.55. The highest BCUT2D eigenvalue weighted by Gasteiger charge is 2.32. The van der Waals surface area contributed by atoms with Crippen molar-refractivity contribution in [2.24, 2.45) is 16.6 Å². The molecule has 3 nitrogen and oxygen atoms in total. The Morgan fingerprint density at radius 2 is 1.75 bits per heavy atom. The molecule has 0 radical (unpaired) electrons. The maximum absolute atomic E-state index is 12.3. The zero-order chi connectivity index (χ0) is 12.9. The highest BCUT2D eigenvalue weighted by Crippen LogP contribution is 2.17. The molecule has 0 heterocycles. The van der Waals surface area contributed by atoms with Crippen LogP contribution in [0.4, 0.5) is 13.2 Å². The van der Waals surface area contributed by atoms with Gasteiger partial charge in [0.2, 0.25) is 0 Å². The van der Waals surface area contributed by atoms with E-state index in [1.54, 1.807) is 13.8 Å². The van der Waals surface area contributed by atoms with E-state index in [1.165, 1.54) is 0 Å². The summed E-state index contributed by atoms with van der Waals surface area (Å²) in [6.07, 6.45) is -4.26. The number of hydrogen-bond donors (Lipinski definition) is 1. The molecule has 0 fully saturated rings. The molecule has 0 unspecified atom stereocenters. The molecule has 0 saturated carbocycles. The smallest absolute Gasteiger partial charge is 0.370 e. The largest absolute Gasteiger partial charge is 0.406 e. The summed E-state index contributed by atoms with van der Waals surface area (Å²) < 4.78 is 36.8. The van der Waals surface area contributed by atoms with Crippen molar-refractivity contribution >= 4 is 5.96 Å². The molecule has 0 saturated heterocycles. The van der Waals surface area contributed by atoms with Crippen LogP contribution >= 0.6 is 0 Å². The topological polar surface area (TPSA) is 41.6 Å². The minimum absolute atomic E-state index is 0.0407. The predicted octanol–water partition coefficient (Wildman–Crippen LogP) is 2.23. The van der Waals surface area contributed by atoms with Crippen LogP contribution in [0.15, 0.2) is 4.99 Å². The number of rotatable bonds is 4. The van der Waals surface area contributed by atoms with Crippen LogP contribution in [-0.2, 0) is 0 Å². The van der Waals surface area contributed by atoms with Crippen LogP contribution < -0.4 is 5.73 Å². The molecule has 0 aliphatic carbocycles. The first-order valence-corrected chi connectivity index (χ1v) is 5.26. The van der Waals surface area contributed by atoms with Crippen LogP contribution in [0.3, 0.4) is 0 Å². The quantitative estimate of drug-likeness (QED) is 0.603. The lowest BCUT2D eigenvalue weighted by Crippen LogP contribution is -2.47. The Morgan fingerprint density at radius 1 is 1.25 bits per heavy atom. The lowest BCUT2D eigenvalue weighted by atomic mass is 10.2. The average molecular weight is 239 g/mol. The van der Waals surface area contributed by atoms with Gasteiger partial charge in [-0.05, 0) is 19.8 Å². The molecule has 96 valence electrons. The van der Waals surface area contributed by atoms with E-state index in [0.29, 0.717) is 6.54 Å². The third-order valence-corrected chi connectivity index (χ3v) is 1.89. The molecule has 0 aromatic heterocycles. The Labute approximate surface area is 94.5 Å². The van der Waals surface area contributed by atoms with Gasteiger partial charge in [0.15, 0.2) is 5.96 Å². The standard InChI is InChI=1S/C10H20F3N3/c1-7(2)5-15-9(14)16(8(3)4)6-10(11,12)13/h7-8H,5-6H2,1-4H3,(H2,14,15). The first-order chi connectivity index (χ1) is 7.13. The van der Waals surface area contributed by atoms with E-state index >= 15 is 0 Å². The summed E-state index contributed by atoms with van der Waals surface area (Å²) in [5.74, 6) is 0.236. The van der Waals surface area contributed by atoms with Crippen LogP contribution in [0, 0.1) is 5.92 Å². The Morgan fingerprint density at radius 3 is 2.06 bits per heavy atom. The van der Waals surface area contributed by atoms with Crippen molar-refractivity contribution in [2.45, 2.75) is 39.9 Å². The summed E-state index contributed by atoms with van der Waals surface area (Å²) >= 11 is 0. The molecule has 0 amide bonds. The second kappa shape index (κ2) is 5.96. The van der Waals surface area contributed by atoms with E-state index in [1.807, 2.05) is 13.8 Å². The summed E-state index contributed by atoms with van der Waals surface area (Å²) in [5.41, 5.74) is 5.55. The SMILES string of the molecule is CC(C)CN=C(N)N(CC(F)(F)F)C(C)C. The van der Waals surface area contributed by atoms with Crippen molar-refractivity contribution < 1.29 is 13.2 Å². The van der Waals surface area contributed by atoms with Gasteiger partial charge in [0, 0.05) is 12.6 Å². The van der Waals surface area contributed by atoms with Gasteiger partial charge < -0.3 is 10.6 Å². The lowest BCUT2D eigenvalue weighted by Gasteiger charge is -2.28. The van der Waals surface area contributed by atoms with Crippen LogP contribution in [0.1, 0.15) is 27.7 Å². The van der Waals surface area contributed by atoms with Gasteiger partial charge in [0.25, 0.3) is 0 Å². The second-order valence-corrected chi connectivity index (χ2v) is 4.43. The van der Waals surface area contributed by atoms with Crippen molar-refractivity contribution in [1.29, 1.82) is 0 Å². The van der Waals surface area contributed by atoms with Gasteiger partial charge in [-0.3, -0.25) is 4.99 Å². The molecule has 0 rings (SSSR count). The Bertz CT molecular complexity index is 234. The van der Waals surface area contributed by atoms with E-state index in [4.69, 9.17) is 5.73 Å². The normalized spacial score (nSPS) is 13.7. The van der Waals surface area contributed by atoms with Crippen LogP contribution in [-0.4, -0.2) is 36.2 Å². The average Bonchev–Trinajstić information content (AvgIpc) is 2.08. The first-order valence-electron chi connectivity index (χ1n) is 5.26. The minimum atomic E-state index is -4.26. The molecule has 0 spiro atoms. The zero-order valence-electron chi connectivity index (χ0n) is 10.2. The summed E-state index contributed by atoms with van der Waals surface area (Å²) in [4.78, 5) is 5.01. The van der Waals surface area contributed by atoms with Crippen molar-refractivity contribution in [1.82, 2.24) is 4.90 Å². The minimum Gasteiger partial charge on any atom is -0.370 e. The van der Waals surface area contributed by atoms with Gasteiger partial charge >= 0.3 is 6.18 Å². The van der Waals surface area contributed by atoms with E-state index in [9.17, 15) is 13.2 Å². The van der Waals surface area contributed by atoms with Crippen LogP contribution in [0.5, 0.6) is 0 Å². The molecule has 16 heavy (non-hydrogen) atoms. The highest BCUT2D eigenvalue weighted by molar-refractivity contribution is 5.78.